The van der Waals surface area contributed by atoms with E-state index < -0.39 is 0 Å². The van der Waals surface area contributed by atoms with Crippen LogP contribution in [-0.4, -0.2) is 47.3 Å². The van der Waals surface area contributed by atoms with Crippen molar-refractivity contribution in [2.75, 3.05) is 19.6 Å². The molecule has 5 rings (SSSR count). The van der Waals surface area contributed by atoms with Crippen LogP contribution in [0.1, 0.15) is 58.3 Å². The van der Waals surface area contributed by atoms with E-state index in [0.717, 1.165) is 50.7 Å². The van der Waals surface area contributed by atoms with Gasteiger partial charge in [0.15, 0.2) is 0 Å². The summed E-state index contributed by atoms with van der Waals surface area (Å²) in [5.74, 6) is 4.33. The van der Waals surface area contributed by atoms with Gasteiger partial charge in [0.2, 0.25) is 0 Å². The third-order valence-electron chi connectivity index (χ3n) is 7.38. The zero-order valence-electron chi connectivity index (χ0n) is 14.6. The first kappa shape index (κ1) is 15.9. The van der Waals surface area contributed by atoms with Gasteiger partial charge in [0.05, 0.1) is 12.1 Å². The Bertz CT molecular complexity index is 474. The van der Waals surface area contributed by atoms with Gasteiger partial charge in [-0.3, -0.25) is 4.90 Å². The summed E-state index contributed by atoms with van der Waals surface area (Å²) in [6.07, 6.45) is 15.1. The van der Waals surface area contributed by atoms with E-state index >= 15 is 0 Å². The van der Waals surface area contributed by atoms with E-state index in [1.165, 1.54) is 32.1 Å². The minimum Gasteiger partial charge on any atom is -0.390 e. The molecule has 4 bridgehead atoms. The van der Waals surface area contributed by atoms with Crippen molar-refractivity contribution >= 4 is 0 Å². The van der Waals surface area contributed by atoms with Gasteiger partial charge >= 0.3 is 0 Å². The summed E-state index contributed by atoms with van der Waals surface area (Å²) in [4.78, 5) is 2.39. The number of hydrogen-bond acceptors (Lipinski definition) is 3. The van der Waals surface area contributed by atoms with Crippen molar-refractivity contribution < 1.29 is 5.11 Å². The monoisotopic (exact) mass is 316 g/mol. The molecule has 3 unspecified atom stereocenters. The highest BCUT2D eigenvalue weighted by Gasteiger charge is 2.58. The zero-order valence-corrected chi connectivity index (χ0v) is 14.6. The minimum absolute atomic E-state index is 0.337. The van der Waals surface area contributed by atoms with Crippen LogP contribution in [0.25, 0.3) is 0 Å². The van der Waals surface area contributed by atoms with Gasteiger partial charge in [-0.25, -0.2) is 0 Å². The third kappa shape index (κ3) is 2.95. The molecule has 3 atom stereocenters. The van der Waals surface area contributed by atoms with Crippen LogP contribution in [0.5, 0.6) is 0 Å². The fourth-order valence-electron chi connectivity index (χ4n) is 6.71. The first-order chi connectivity index (χ1) is 11.0. The highest BCUT2D eigenvalue weighted by Crippen LogP contribution is 2.62. The molecule has 3 nitrogen and oxygen atoms in total. The van der Waals surface area contributed by atoms with E-state index in [2.05, 4.69) is 23.1 Å². The second kappa shape index (κ2) is 5.76. The summed E-state index contributed by atoms with van der Waals surface area (Å²) in [7, 11) is 0. The number of rotatable bonds is 4. The number of nitrogens with one attached hydrogen (secondary N) is 1. The number of hydrogen-bond donors (Lipinski definition) is 2. The van der Waals surface area contributed by atoms with Crippen LogP contribution >= 0.6 is 0 Å². The molecule has 5 aliphatic rings. The SMILES string of the molecule is C#CCN1CCC(NC(C)C23CC4CC(CC(O)(C4)C2)C3)CC1. The van der Waals surface area contributed by atoms with Gasteiger partial charge in [-0.1, -0.05) is 5.92 Å². The molecule has 0 spiro atoms. The predicted octanol–water partition coefficient (Wildman–Crippen LogP) is 2.39. The van der Waals surface area contributed by atoms with Crippen LogP contribution < -0.4 is 5.32 Å². The van der Waals surface area contributed by atoms with Gasteiger partial charge in [0, 0.05) is 25.2 Å². The van der Waals surface area contributed by atoms with Crippen molar-refractivity contribution in [3.05, 3.63) is 0 Å². The summed E-state index contributed by atoms with van der Waals surface area (Å²) >= 11 is 0. The Morgan fingerprint density at radius 2 is 1.87 bits per heavy atom. The lowest BCUT2D eigenvalue weighted by Crippen LogP contribution is -2.62. The second-order valence-electron chi connectivity index (χ2n) is 9.19. The summed E-state index contributed by atoms with van der Waals surface area (Å²) < 4.78 is 0. The molecule has 0 radical (unpaired) electrons. The molecule has 23 heavy (non-hydrogen) atoms. The van der Waals surface area contributed by atoms with Gasteiger partial charge < -0.3 is 10.4 Å². The number of piperidine rings is 1. The van der Waals surface area contributed by atoms with Crippen LogP contribution in [0.3, 0.4) is 0 Å². The quantitative estimate of drug-likeness (QED) is 0.782. The van der Waals surface area contributed by atoms with E-state index in [4.69, 9.17) is 6.42 Å². The number of terminal acetylenes is 1. The number of aliphatic hydroxyl groups is 1. The predicted molar refractivity (Wildman–Crippen MR) is 93.0 cm³/mol. The van der Waals surface area contributed by atoms with Crippen molar-refractivity contribution in [2.24, 2.45) is 17.3 Å². The molecule has 0 aromatic rings. The van der Waals surface area contributed by atoms with Gasteiger partial charge in [-0.2, -0.15) is 0 Å². The summed E-state index contributed by atoms with van der Waals surface area (Å²) in [6, 6.07) is 1.16. The largest absolute Gasteiger partial charge is 0.390 e. The van der Waals surface area contributed by atoms with E-state index in [1.807, 2.05) is 0 Å². The van der Waals surface area contributed by atoms with Crippen molar-refractivity contribution in [1.82, 2.24) is 10.2 Å². The molecule has 3 heteroatoms. The van der Waals surface area contributed by atoms with Crippen LogP contribution in [-0.2, 0) is 0 Å². The van der Waals surface area contributed by atoms with Crippen LogP contribution in [0, 0.1) is 29.6 Å². The van der Waals surface area contributed by atoms with Crippen molar-refractivity contribution in [3.63, 3.8) is 0 Å². The molecule has 5 fully saturated rings. The highest BCUT2D eigenvalue weighted by molar-refractivity contribution is 5.11. The van der Waals surface area contributed by atoms with Gasteiger partial charge in [-0.15, -0.1) is 6.42 Å². The van der Waals surface area contributed by atoms with E-state index in [9.17, 15) is 5.11 Å². The lowest BCUT2D eigenvalue weighted by Gasteiger charge is -2.62. The van der Waals surface area contributed by atoms with Crippen molar-refractivity contribution in [1.29, 1.82) is 0 Å². The molecule has 4 aliphatic carbocycles. The maximum absolute atomic E-state index is 11.0. The molecule has 4 saturated carbocycles. The molecule has 1 aliphatic heterocycles. The molecular weight excluding hydrogens is 284 g/mol. The third-order valence-corrected chi connectivity index (χ3v) is 7.38. The van der Waals surface area contributed by atoms with Crippen LogP contribution in [0.2, 0.25) is 0 Å². The second-order valence-corrected chi connectivity index (χ2v) is 9.19. The molecule has 0 aromatic carbocycles. The fraction of sp³-hybridized carbons (Fsp3) is 0.900. The standard InChI is InChI=1S/C20H32N2O/c1-3-6-22-7-4-18(5-8-22)21-15(2)19-10-16-9-17(11-19)13-20(23,12-16)14-19/h1,15-18,21,23H,4-14H2,2H3. The molecule has 1 heterocycles. The van der Waals surface area contributed by atoms with Gasteiger partial charge in [0.25, 0.3) is 0 Å². The number of nitrogens with zero attached hydrogens (tertiary/aromatic N) is 1. The van der Waals surface area contributed by atoms with Crippen LogP contribution in [0.4, 0.5) is 0 Å². The first-order valence-electron chi connectivity index (χ1n) is 9.65. The number of likely N-dealkylation sites (tertiary alicyclic amines) is 1. The Balaban J connectivity index is 1.38. The summed E-state index contributed by atoms with van der Waals surface area (Å²) in [5.41, 5.74) is 0.0188. The first-order valence-corrected chi connectivity index (χ1v) is 9.65. The molecular formula is C20H32N2O. The Kier molecular flexibility index (Phi) is 3.99. The molecule has 2 N–H and O–H groups in total. The van der Waals surface area contributed by atoms with Gasteiger partial charge in [-0.05, 0) is 75.5 Å². The summed E-state index contributed by atoms with van der Waals surface area (Å²) in [5, 5.41) is 14.9. The topological polar surface area (TPSA) is 35.5 Å². The molecule has 128 valence electrons. The normalized spacial score (nSPS) is 45.1. The average molecular weight is 316 g/mol. The van der Waals surface area contributed by atoms with E-state index in [0.29, 0.717) is 17.5 Å². The summed E-state index contributed by atoms with van der Waals surface area (Å²) in [6.45, 7) is 5.43. The maximum atomic E-state index is 11.0. The molecule has 1 saturated heterocycles. The Hall–Kier alpha value is -0.560. The van der Waals surface area contributed by atoms with E-state index in [-0.39, 0.29) is 5.60 Å². The van der Waals surface area contributed by atoms with Crippen molar-refractivity contribution in [2.45, 2.75) is 76.0 Å². The fourth-order valence-corrected chi connectivity index (χ4v) is 6.71. The molecule has 0 aromatic heterocycles. The van der Waals surface area contributed by atoms with Crippen LogP contribution in [0.15, 0.2) is 0 Å². The smallest absolute Gasteiger partial charge is 0.0659 e. The average Bonchev–Trinajstić information content (AvgIpc) is 2.47. The lowest BCUT2D eigenvalue weighted by molar-refractivity contribution is -0.172. The molecule has 0 amide bonds. The van der Waals surface area contributed by atoms with Crippen molar-refractivity contribution in [3.8, 4) is 12.3 Å². The van der Waals surface area contributed by atoms with E-state index in [1.54, 1.807) is 0 Å². The Labute approximate surface area is 141 Å². The van der Waals surface area contributed by atoms with Gasteiger partial charge in [0.1, 0.15) is 0 Å². The Morgan fingerprint density at radius 3 is 2.43 bits per heavy atom. The highest BCUT2D eigenvalue weighted by atomic mass is 16.3. The Morgan fingerprint density at radius 1 is 1.22 bits per heavy atom. The maximum Gasteiger partial charge on any atom is 0.0659 e. The zero-order chi connectivity index (χ0) is 16.1. The lowest BCUT2D eigenvalue weighted by atomic mass is 9.46. The minimum atomic E-state index is -0.337.